The van der Waals surface area contributed by atoms with Crippen LogP contribution < -0.4 is 5.32 Å². The van der Waals surface area contributed by atoms with E-state index in [2.05, 4.69) is 12.2 Å². The second kappa shape index (κ2) is 7.86. The van der Waals surface area contributed by atoms with E-state index >= 15 is 0 Å². The Bertz CT molecular complexity index is 690. The van der Waals surface area contributed by atoms with Crippen molar-refractivity contribution < 1.29 is 9.21 Å². The minimum Gasteiger partial charge on any atom is -0.451 e. The molecule has 1 aromatic carbocycles. The van der Waals surface area contributed by atoms with Crippen LogP contribution in [0.5, 0.6) is 0 Å². The number of carbonyl (C=O) groups is 1. The van der Waals surface area contributed by atoms with E-state index in [1.807, 2.05) is 35.2 Å². The fourth-order valence-corrected chi connectivity index (χ4v) is 3.33. The van der Waals surface area contributed by atoms with E-state index in [9.17, 15) is 4.79 Å². The highest BCUT2D eigenvalue weighted by molar-refractivity contribution is 6.33. The Hall–Kier alpha value is -1.78. The molecule has 0 spiro atoms. The number of furan rings is 1. The first-order valence-electron chi connectivity index (χ1n) is 8.53. The van der Waals surface area contributed by atoms with Crippen LogP contribution in [0.2, 0.25) is 5.02 Å². The molecule has 128 valence electrons. The number of rotatable bonds is 5. The van der Waals surface area contributed by atoms with Gasteiger partial charge in [0.25, 0.3) is 5.91 Å². The van der Waals surface area contributed by atoms with Crippen molar-refractivity contribution >= 4 is 17.5 Å². The third kappa shape index (κ3) is 3.82. The van der Waals surface area contributed by atoms with Gasteiger partial charge in [0.15, 0.2) is 5.76 Å². The first-order valence-corrected chi connectivity index (χ1v) is 8.91. The summed E-state index contributed by atoms with van der Waals surface area (Å²) in [5, 5.41) is 4.01. The number of piperidine rings is 1. The van der Waals surface area contributed by atoms with Gasteiger partial charge in [-0.3, -0.25) is 4.79 Å². The van der Waals surface area contributed by atoms with Crippen molar-refractivity contribution in [1.82, 2.24) is 10.2 Å². The quantitative estimate of drug-likeness (QED) is 0.887. The number of hydrogen-bond acceptors (Lipinski definition) is 3. The Morgan fingerprint density at radius 1 is 1.25 bits per heavy atom. The highest BCUT2D eigenvalue weighted by Gasteiger charge is 2.25. The van der Waals surface area contributed by atoms with Gasteiger partial charge in [-0.15, -0.1) is 0 Å². The minimum atomic E-state index is -0.0322. The summed E-state index contributed by atoms with van der Waals surface area (Å²) in [5.41, 5.74) is 0.808. The molecule has 1 fully saturated rings. The number of nitrogens with zero attached hydrogens (tertiary/aromatic N) is 1. The molecule has 1 N–H and O–H groups in total. The van der Waals surface area contributed by atoms with E-state index in [-0.39, 0.29) is 5.91 Å². The van der Waals surface area contributed by atoms with E-state index in [1.165, 1.54) is 0 Å². The molecule has 0 atom stereocenters. The average molecular weight is 347 g/mol. The van der Waals surface area contributed by atoms with Gasteiger partial charge in [-0.05, 0) is 56.1 Å². The Kier molecular flexibility index (Phi) is 5.59. The maximum Gasteiger partial charge on any atom is 0.289 e. The number of nitrogens with one attached hydrogen (secondary N) is 1. The fraction of sp³-hybridized carbons (Fsp3) is 0.421. The number of halogens is 1. The normalized spacial score (nSPS) is 15.7. The largest absolute Gasteiger partial charge is 0.451 e. The van der Waals surface area contributed by atoms with Crippen molar-refractivity contribution in [1.29, 1.82) is 0 Å². The number of carbonyl (C=O) groups excluding carboxylic acids is 1. The van der Waals surface area contributed by atoms with Gasteiger partial charge in [-0.2, -0.15) is 0 Å². The predicted octanol–water partition coefficient (Wildman–Crippen LogP) is 4.06. The second-order valence-electron chi connectivity index (χ2n) is 6.19. The standard InChI is InChI=1S/C19H23ClN2O2/c1-2-21-13-14-9-11-22(12-10-14)19(23)18-8-7-17(24-18)15-5-3-4-6-16(15)20/h3-8,14,21H,2,9-13H2,1H3. The van der Waals surface area contributed by atoms with Crippen LogP contribution in [0.25, 0.3) is 11.3 Å². The third-order valence-electron chi connectivity index (χ3n) is 4.54. The van der Waals surface area contributed by atoms with Crippen molar-refractivity contribution in [2.24, 2.45) is 5.92 Å². The molecule has 1 aliphatic heterocycles. The molecule has 1 aliphatic rings. The van der Waals surface area contributed by atoms with Crippen molar-refractivity contribution in [3.05, 3.63) is 47.2 Å². The summed E-state index contributed by atoms with van der Waals surface area (Å²) in [6.45, 7) is 5.73. The Morgan fingerprint density at radius 3 is 2.71 bits per heavy atom. The van der Waals surface area contributed by atoms with Crippen LogP contribution in [0.15, 0.2) is 40.8 Å². The Balaban J connectivity index is 1.64. The first kappa shape index (κ1) is 17.1. The van der Waals surface area contributed by atoms with Crippen molar-refractivity contribution in [2.45, 2.75) is 19.8 Å². The lowest BCUT2D eigenvalue weighted by Crippen LogP contribution is -2.40. The second-order valence-corrected chi connectivity index (χ2v) is 6.59. The topological polar surface area (TPSA) is 45.5 Å². The average Bonchev–Trinajstić information content (AvgIpc) is 3.10. The van der Waals surface area contributed by atoms with Crippen LogP contribution in [0.4, 0.5) is 0 Å². The Labute approximate surface area is 147 Å². The van der Waals surface area contributed by atoms with Crippen LogP contribution in [-0.2, 0) is 0 Å². The molecular weight excluding hydrogens is 324 g/mol. The molecule has 0 radical (unpaired) electrons. The van der Waals surface area contributed by atoms with E-state index in [0.717, 1.165) is 44.6 Å². The van der Waals surface area contributed by atoms with Gasteiger partial charge in [-0.25, -0.2) is 0 Å². The first-order chi connectivity index (χ1) is 11.7. The summed E-state index contributed by atoms with van der Waals surface area (Å²) in [7, 11) is 0. The lowest BCUT2D eigenvalue weighted by Gasteiger charge is -2.31. The van der Waals surface area contributed by atoms with Gasteiger partial charge in [0.1, 0.15) is 5.76 Å². The maximum absolute atomic E-state index is 12.6. The van der Waals surface area contributed by atoms with E-state index < -0.39 is 0 Å². The molecule has 1 aromatic heterocycles. The summed E-state index contributed by atoms with van der Waals surface area (Å²) in [6, 6.07) is 11.0. The lowest BCUT2D eigenvalue weighted by atomic mass is 9.96. The molecule has 1 saturated heterocycles. The summed E-state index contributed by atoms with van der Waals surface area (Å²) >= 11 is 6.19. The summed E-state index contributed by atoms with van der Waals surface area (Å²) in [6.07, 6.45) is 2.08. The predicted molar refractivity (Wildman–Crippen MR) is 96.3 cm³/mol. The minimum absolute atomic E-state index is 0.0322. The van der Waals surface area contributed by atoms with Gasteiger partial charge in [0, 0.05) is 18.7 Å². The molecule has 3 rings (SSSR count). The summed E-state index contributed by atoms with van der Waals surface area (Å²) in [4.78, 5) is 14.5. The fourth-order valence-electron chi connectivity index (χ4n) is 3.10. The van der Waals surface area contributed by atoms with Gasteiger partial charge in [0.05, 0.1) is 5.02 Å². The van der Waals surface area contributed by atoms with Crippen LogP contribution in [-0.4, -0.2) is 37.0 Å². The van der Waals surface area contributed by atoms with Gasteiger partial charge in [-0.1, -0.05) is 30.7 Å². The van der Waals surface area contributed by atoms with Crippen molar-refractivity contribution in [3.63, 3.8) is 0 Å². The smallest absolute Gasteiger partial charge is 0.289 e. The van der Waals surface area contributed by atoms with Crippen LogP contribution >= 0.6 is 11.6 Å². The van der Waals surface area contributed by atoms with Gasteiger partial charge in [0.2, 0.25) is 0 Å². The van der Waals surface area contributed by atoms with E-state index in [1.54, 1.807) is 6.07 Å². The van der Waals surface area contributed by atoms with E-state index in [0.29, 0.717) is 22.5 Å². The summed E-state index contributed by atoms with van der Waals surface area (Å²) < 4.78 is 5.77. The van der Waals surface area contributed by atoms with Crippen LogP contribution in [0.3, 0.4) is 0 Å². The highest BCUT2D eigenvalue weighted by atomic mass is 35.5. The summed E-state index contributed by atoms with van der Waals surface area (Å²) in [5.74, 6) is 1.64. The van der Waals surface area contributed by atoms with Gasteiger partial charge < -0.3 is 14.6 Å². The third-order valence-corrected chi connectivity index (χ3v) is 4.87. The molecule has 24 heavy (non-hydrogen) atoms. The lowest BCUT2D eigenvalue weighted by molar-refractivity contribution is 0.0659. The van der Waals surface area contributed by atoms with Crippen LogP contribution in [0, 0.1) is 5.92 Å². The van der Waals surface area contributed by atoms with Crippen molar-refractivity contribution in [2.75, 3.05) is 26.2 Å². The highest BCUT2D eigenvalue weighted by Crippen LogP contribution is 2.29. The molecular formula is C19H23ClN2O2. The molecule has 0 saturated carbocycles. The number of benzene rings is 1. The Morgan fingerprint density at radius 2 is 2.00 bits per heavy atom. The number of likely N-dealkylation sites (tertiary alicyclic amines) is 1. The van der Waals surface area contributed by atoms with E-state index in [4.69, 9.17) is 16.0 Å². The zero-order chi connectivity index (χ0) is 16.9. The molecule has 0 bridgehead atoms. The zero-order valence-corrected chi connectivity index (χ0v) is 14.7. The van der Waals surface area contributed by atoms with Crippen molar-refractivity contribution in [3.8, 4) is 11.3 Å². The zero-order valence-electron chi connectivity index (χ0n) is 13.9. The molecule has 5 heteroatoms. The maximum atomic E-state index is 12.6. The monoisotopic (exact) mass is 346 g/mol. The molecule has 2 aromatic rings. The molecule has 1 amide bonds. The van der Waals surface area contributed by atoms with Crippen LogP contribution in [0.1, 0.15) is 30.3 Å². The molecule has 0 unspecified atom stereocenters. The number of amides is 1. The van der Waals surface area contributed by atoms with Gasteiger partial charge >= 0.3 is 0 Å². The molecule has 0 aliphatic carbocycles. The number of hydrogen-bond donors (Lipinski definition) is 1. The molecule has 2 heterocycles. The SMILES string of the molecule is CCNCC1CCN(C(=O)c2ccc(-c3ccccc3Cl)o2)CC1. The molecule has 4 nitrogen and oxygen atoms in total.